The second-order valence-corrected chi connectivity index (χ2v) is 12.7. The number of ether oxygens (including phenoxy) is 1. The zero-order valence-electron chi connectivity index (χ0n) is 13.7. The van der Waals surface area contributed by atoms with Crippen LogP contribution in [0.5, 0.6) is 0 Å². The standard InChI is InChI=1S/C15H19ClF3N3OSi/c1-24(2,3)5-4-23-10-22-9-12(8-20-22)11-6-13(15(17,18)19)21-14(16)7-11/h6-9H,4-5,10H2,1-3H3. The van der Waals surface area contributed by atoms with Crippen molar-refractivity contribution in [2.24, 2.45) is 0 Å². The Kier molecular flexibility index (Phi) is 5.72. The molecule has 9 heteroatoms. The summed E-state index contributed by atoms with van der Waals surface area (Å²) in [5.74, 6) is 0. The lowest BCUT2D eigenvalue weighted by atomic mass is 10.1. The average molecular weight is 378 g/mol. The van der Waals surface area contributed by atoms with Crippen molar-refractivity contribution in [3.8, 4) is 11.1 Å². The maximum absolute atomic E-state index is 12.8. The molecule has 0 aromatic carbocycles. The summed E-state index contributed by atoms with van der Waals surface area (Å²) in [6, 6.07) is 3.37. The first-order chi connectivity index (χ1) is 11.0. The third-order valence-electron chi connectivity index (χ3n) is 3.27. The van der Waals surface area contributed by atoms with Gasteiger partial charge in [0.2, 0.25) is 0 Å². The van der Waals surface area contributed by atoms with Crippen molar-refractivity contribution in [1.29, 1.82) is 0 Å². The van der Waals surface area contributed by atoms with Crippen molar-refractivity contribution >= 4 is 19.7 Å². The van der Waals surface area contributed by atoms with Crippen molar-refractivity contribution in [2.45, 2.75) is 38.6 Å². The van der Waals surface area contributed by atoms with Gasteiger partial charge in [-0.25, -0.2) is 9.67 Å². The molecule has 0 fully saturated rings. The third-order valence-corrected chi connectivity index (χ3v) is 5.17. The van der Waals surface area contributed by atoms with Crippen molar-refractivity contribution in [3.05, 3.63) is 35.4 Å². The Morgan fingerprint density at radius 2 is 1.92 bits per heavy atom. The fourth-order valence-electron chi connectivity index (χ4n) is 1.93. The summed E-state index contributed by atoms with van der Waals surface area (Å²) in [5, 5.41) is 3.90. The van der Waals surface area contributed by atoms with E-state index in [9.17, 15) is 13.2 Å². The van der Waals surface area contributed by atoms with E-state index < -0.39 is 19.9 Å². The van der Waals surface area contributed by atoms with Gasteiger partial charge in [-0.2, -0.15) is 18.3 Å². The monoisotopic (exact) mass is 377 g/mol. The molecule has 0 atom stereocenters. The molecular formula is C15H19ClF3N3OSi. The molecule has 0 saturated carbocycles. The predicted molar refractivity (Wildman–Crippen MR) is 89.6 cm³/mol. The molecule has 0 amide bonds. The topological polar surface area (TPSA) is 39.9 Å². The van der Waals surface area contributed by atoms with Crippen LogP contribution in [0.1, 0.15) is 5.69 Å². The second-order valence-electron chi connectivity index (χ2n) is 6.68. The maximum Gasteiger partial charge on any atom is 0.433 e. The molecule has 24 heavy (non-hydrogen) atoms. The van der Waals surface area contributed by atoms with Gasteiger partial charge in [-0.05, 0) is 23.7 Å². The lowest BCUT2D eigenvalue weighted by Crippen LogP contribution is -2.22. The highest BCUT2D eigenvalue weighted by Crippen LogP contribution is 2.32. The highest BCUT2D eigenvalue weighted by atomic mass is 35.5. The molecule has 0 aliphatic heterocycles. The molecule has 4 nitrogen and oxygen atoms in total. The average Bonchev–Trinajstić information content (AvgIpc) is 2.90. The van der Waals surface area contributed by atoms with Crippen LogP contribution < -0.4 is 0 Å². The molecule has 0 radical (unpaired) electrons. The second kappa shape index (κ2) is 7.24. The first-order valence-corrected chi connectivity index (χ1v) is 11.5. The molecule has 2 aromatic rings. The summed E-state index contributed by atoms with van der Waals surface area (Å²) in [6.07, 6.45) is -1.44. The lowest BCUT2D eigenvalue weighted by Gasteiger charge is -2.15. The molecule has 2 heterocycles. The number of hydrogen-bond donors (Lipinski definition) is 0. The van der Waals surface area contributed by atoms with Crippen LogP contribution in [-0.2, 0) is 17.6 Å². The van der Waals surface area contributed by atoms with Crippen molar-refractivity contribution < 1.29 is 17.9 Å². The summed E-state index contributed by atoms with van der Waals surface area (Å²) < 4.78 is 45.5. The summed E-state index contributed by atoms with van der Waals surface area (Å²) in [6.45, 7) is 7.68. The lowest BCUT2D eigenvalue weighted by molar-refractivity contribution is -0.141. The fraction of sp³-hybridized carbons (Fsp3) is 0.467. The van der Waals surface area contributed by atoms with Gasteiger partial charge in [0, 0.05) is 26.4 Å². The molecule has 0 bridgehead atoms. The minimum absolute atomic E-state index is 0.209. The largest absolute Gasteiger partial charge is 0.433 e. The molecule has 0 N–H and O–H groups in total. The zero-order valence-corrected chi connectivity index (χ0v) is 15.4. The van der Waals surface area contributed by atoms with Gasteiger partial charge in [0.1, 0.15) is 17.6 Å². The highest BCUT2D eigenvalue weighted by molar-refractivity contribution is 6.76. The minimum Gasteiger partial charge on any atom is -0.360 e. The van der Waals surface area contributed by atoms with E-state index in [2.05, 4.69) is 29.7 Å². The van der Waals surface area contributed by atoms with Crippen LogP contribution >= 0.6 is 11.6 Å². The molecular weight excluding hydrogens is 359 g/mol. The Hall–Kier alpha value is -1.38. The summed E-state index contributed by atoms with van der Waals surface area (Å²) >= 11 is 5.70. The van der Waals surface area contributed by atoms with Crippen molar-refractivity contribution in [2.75, 3.05) is 6.61 Å². The highest BCUT2D eigenvalue weighted by Gasteiger charge is 2.33. The van der Waals surface area contributed by atoms with Crippen LogP contribution in [-0.4, -0.2) is 29.4 Å². The van der Waals surface area contributed by atoms with Crippen LogP contribution in [0.4, 0.5) is 13.2 Å². The number of aromatic nitrogens is 3. The van der Waals surface area contributed by atoms with Gasteiger partial charge >= 0.3 is 6.18 Å². The molecule has 0 saturated heterocycles. The normalized spacial score (nSPS) is 12.6. The van der Waals surface area contributed by atoms with Crippen LogP contribution in [0.3, 0.4) is 0 Å². The molecule has 2 rings (SSSR count). The van der Waals surface area contributed by atoms with Crippen LogP contribution in [0.25, 0.3) is 11.1 Å². The quantitative estimate of drug-likeness (QED) is 0.407. The number of alkyl halides is 3. The summed E-state index contributed by atoms with van der Waals surface area (Å²) in [7, 11) is -1.16. The molecule has 0 aliphatic rings. The third kappa shape index (κ3) is 5.61. The Morgan fingerprint density at radius 3 is 2.54 bits per heavy atom. The number of rotatable bonds is 6. The van der Waals surface area contributed by atoms with Crippen LogP contribution in [0, 0.1) is 0 Å². The maximum atomic E-state index is 12.8. The van der Waals surface area contributed by atoms with E-state index in [1.54, 1.807) is 10.9 Å². The minimum atomic E-state index is -4.55. The first kappa shape index (κ1) is 18.9. The molecule has 132 valence electrons. The van der Waals surface area contributed by atoms with E-state index in [4.69, 9.17) is 16.3 Å². The van der Waals surface area contributed by atoms with Gasteiger partial charge in [0.15, 0.2) is 0 Å². The SMILES string of the molecule is C[Si](C)(C)CCOCn1cc(-c2cc(Cl)nc(C(F)(F)F)c2)cn1. The van der Waals surface area contributed by atoms with Gasteiger partial charge in [0.05, 0.1) is 6.20 Å². The van der Waals surface area contributed by atoms with Gasteiger partial charge in [0.25, 0.3) is 0 Å². The van der Waals surface area contributed by atoms with E-state index in [-0.39, 0.29) is 11.9 Å². The zero-order chi connectivity index (χ0) is 18.0. The first-order valence-electron chi connectivity index (χ1n) is 7.40. The molecule has 2 aromatic heterocycles. The molecule has 0 aliphatic carbocycles. The van der Waals surface area contributed by atoms with Crippen molar-refractivity contribution in [3.63, 3.8) is 0 Å². The van der Waals surface area contributed by atoms with Gasteiger partial charge < -0.3 is 4.74 Å². The smallest absolute Gasteiger partial charge is 0.360 e. The number of pyridine rings is 1. The fourth-order valence-corrected chi connectivity index (χ4v) is 2.89. The molecule has 0 unspecified atom stereocenters. The van der Waals surface area contributed by atoms with Gasteiger partial charge in [-0.3, -0.25) is 0 Å². The molecule has 0 spiro atoms. The van der Waals surface area contributed by atoms with E-state index in [0.29, 0.717) is 17.7 Å². The number of nitrogens with zero attached hydrogens (tertiary/aromatic N) is 3. The Morgan fingerprint density at radius 1 is 1.21 bits per heavy atom. The summed E-state index contributed by atoms with van der Waals surface area (Å²) in [5.41, 5.74) is -0.182. The number of halogens is 4. The Balaban J connectivity index is 2.07. The summed E-state index contributed by atoms with van der Waals surface area (Å²) in [4.78, 5) is 3.31. The van der Waals surface area contributed by atoms with Crippen molar-refractivity contribution in [1.82, 2.24) is 14.8 Å². The van der Waals surface area contributed by atoms with Gasteiger partial charge in [-0.1, -0.05) is 31.2 Å². The number of hydrogen-bond acceptors (Lipinski definition) is 3. The van der Waals surface area contributed by atoms with E-state index >= 15 is 0 Å². The van der Waals surface area contributed by atoms with Crippen LogP contribution in [0.2, 0.25) is 30.8 Å². The van der Waals surface area contributed by atoms with E-state index in [0.717, 1.165) is 12.1 Å². The Bertz CT molecular complexity index is 698. The van der Waals surface area contributed by atoms with E-state index in [1.165, 1.54) is 12.3 Å². The van der Waals surface area contributed by atoms with E-state index in [1.807, 2.05) is 0 Å². The predicted octanol–water partition coefficient (Wildman–Crippen LogP) is 4.93. The Labute approximate surface area is 144 Å². The van der Waals surface area contributed by atoms with Gasteiger partial charge in [-0.15, -0.1) is 0 Å². The van der Waals surface area contributed by atoms with Crippen LogP contribution in [0.15, 0.2) is 24.5 Å².